The van der Waals surface area contributed by atoms with E-state index in [-0.39, 0.29) is 18.7 Å². The van der Waals surface area contributed by atoms with Crippen LogP contribution >= 0.6 is 0 Å². The molecule has 1 spiro atoms. The van der Waals surface area contributed by atoms with E-state index in [4.69, 9.17) is 14.6 Å². The van der Waals surface area contributed by atoms with Gasteiger partial charge in [0.2, 0.25) is 0 Å². The highest BCUT2D eigenvalue weighted by Gasteiger charge is 2.50. The predicted molar refractivity (Wildman–Crippen MR) is 138 cm³/mol. The molecule has 0 bridgehead atoms. The van der Waals surface area contributed by atoms with E-state index in [1.165, 1.54) is 6.26 Å². The zero-order valence-corrected chi connectivity index (χ0v) is 22.2. The van der Waals surface area contributed by atoms with Crippen LogP contribution in [0.3, 0.4) is 0 Å². The summed E-state index contributed by atoms with van der Waals surface area (Å²) in [4.78, 5) is 15.4. The second-order valence-corrected chi connectivity index (χ2v) is 13.3. The highest BCUT2D eigenvalue weighted by Crippen LogP contribution is 2.42. The fourth-order valence-electron chi connectivity index (χ4n) is 4.27. The molecule has 0 radical (unpaired) electrons. The molecule has 1 atom stereocenters. The lowest BCUT2D eigenvalue weighted by molar-refractivity contribution is -0.127. The summed E-state index contributed by atoms with van der Waals surface area (Å²) in [6, 6.07) is 4.01. The van der Waals surface area contributed by atoms with E-state index < -0.39 is 14.6 Å². The second-order valence-electron chi connectivity index (χ2n) is 10.6. The van der Waals surface area contributed by atoms with Crippen molar-refractivity contribution in [1.29, 1.82) is 0 Å². The zero-order valence-electron chi connectivity index (χ0n) is 21.4. The largest absolute Gasteiger partial charge is 0.462 e. The first-order valence-corrected chi connectivity index (χ1v) is 14.0. The molecular formula is C24H33N7O4S. The van der Waals surface area contributed by atoms with Crippen molar-refractivity contribution in [2.75, 3.05) is 49.4 Å². The maximum atomic E-state index is 11.9. The molecule has 2 saturated heterocycles. The number of fused-ring (bicyclic) bond motifs is 1. The third-order valence-corrected chi connectivity index (χ3v) is 9.32. The van der Waals surface area contributed by atoms with Crippen LogP contribution in [-0.4, -0.2) is 77.1 Å². The van der Waals surface area contributed by atoms with Crippen molar-refractivity contribution >= 4 is 38.2 Å². The molecule has 2 aliphatic heterocycles. The molecule has 0 aliphatic carbocycles. The van der Waals surface area contributed by atoms with Gasteiger partial charge in [0, 0.05) is 43.8 Å². The molecule has 0 amide bonds. The van der Waals surface area contributed by atoms with Gasteiger partial charge in [0.1, 0.15) is 23.0 Å². The Morgan fingerprint density at radius 3 is 2.64 bits per heavy atom. The van der Waals surface area contributed by atoms with Crippen molar-refractivity contribution in [3.63, 3.8) is 0 Å². The molecule has 3 aromatic rings. The molecule has 0 aromatic carbocycles. The Morgan fingerprint density at radius 1 is 1.25 bits per heavy atom. The highest BCUT2D eigenvalue weighted by atomic mass is 32.2. The van der Waals surface area contributed by atoms with Crippen LogP contribution in [0, 0.1) is 5.41 Å². The SMILES string of the molecule is CC[C@@H](C)n1nc(N2CC3(COC3)C2)c2cnc(Nc3ccnc(OCC(C)(C)S(C)(=O)=O)n3)cc21. The maximum Gasteiger partial charge on any atom is 0.318 e. The number of ether oxygens (including phenoxy) is 2. The fraction of sp³-hybridized carbons (Fsp3) is 0.583. The zero-order chi connectivity index (χ0) is 25.7. The monoisotopic (exact) mass is 515 g/mol. The molecule has 2 fully saturated rings. The van der Waals surface area contributed by atoms with Crippen molar-refractivity contribution in [2.24, 2.45) is 5.41 Å². The van der Waals surface area contributed by atoms with Crippen molar-refractivity contribution in [1.82, 2.24) is 24.7 Å². The number of hydrogen-bond donors (Lipinski definition) is 1. The van der Waals surface area contributed by atoms with Crippen LogP contribution in [0.2, 0.25) is 0 Å². The Balaban J connectivity index is 1.37. The van der Waals surface area contributed by atoms with E-state index in [1.54, 1.807) is 26.1 Å². The van der Waals surface area contributed by atoms with Crippen LogP contribution in [0.1, 0.15) is 40.2 Å². The Labute approximate surface area is 211 Å². The minimum Gasteiger partial charge on any atom is -0.462 e. The Morgan fingerprint density at radius 2 is 2.00 bits per heavy atom. The summed E-state index contributed by atoms with van der Waals surface area (Å²) in [7, 11) is -3.30. The summed E-state index contributed by atoms with van der Waals surface area (Å²) < 4.78 is 35.9. The van der Waals surface area contributed by atoms with Crippen LogP contribution in [-0.2, 0) is 14.6 Å². The molecule has 36 heavy (non-hydrogen) atoms. The first-order chi connectivity index (χ1) is 17.0. The van der Waals surface area contributed by atoms with Crippen molar-refractivity contribution in [2.45, 2.75) is 44.9 Å². The number of pyridine rings is 1. The van der Waals surface area contributed by atoms with E-state index in [1.807, 2.05) is 12.3 Å². The van der Waals surface area contributed by atoms with Gasteiger partial charge < -0.3 is 19.7 Å². The van der Waals surface area contributed by atoms with Gasteiger partial charge in [-0.1, -0.05) is 6.92 Å². The average Bonchev–Trinajstić information content (AvgIpc) is 3.13. The van der Waals surface area contributed by atoms with E-state index in [2.05, 4.69) is 43.7 Å². The number of nitrogens with one attached hydrogen (secondary N) is 1. The second kappa shape index (κ2) is 8.84. The quantitative estimate of drug-likeness (QED) is 0.455. The van der Waals surface area contributed by atoms with Crippen LogP contribution in [0.25, 0.3) is 10.9 Å². The van der Waals surface area contributed by atoms with E-state index in [0.717, 1.165) is 49.4 Å². The smallest absolute Gasteiger partial charge is 0.318 e. The number of aromatic nitrogens is 5. The van der Waals surface area contributed by atoms with E-state index in [0.29, 0.717) is 17.1 Å². The first-order valence-electron chi connectivity index (χ1n) is 12.1. The van der Waals surface area contributed by atoms with Gasteiger partial charge in [-0.2, -0.15) is 10.1 Å². The van der Waals surface area contributed by atoms with Crippen LogP contribution in [0.15, 0.2) is 24.5 Å². The average molecular weight is 516 g/mol. The lowest BCUT2D eigenvalue weighted by atomic mass is 9.78. The van der Waals surface area contributed by atoms with Crippen molar-refractivity contribution in [3.8, 4) is 6.01 Å². The molecule has 5 heterocycles. The lowest BCUT2D eigenvalue weighted by Gasteiger charge is -2.55. The van der Waals surface area contributed by atoms with E-state index >= 15 is 0 Å². The Hall–Kier alpha value is -2.99. The summed E-state index contributed by atoms with van der Waals surface area (Å²) in [5, 5.41) is 9.21. The van der Waals surface area contributed by atoms with Gasteiger partial charge in [-0.05, 0) is 33.3 Å². The molecule has 11 nitrogen and oxygen atoms in total. The molecule has 194 valence electrons. The fourth-order valence-corrected chi connectivity index (χ4v) is 4.54. The Bertz CT molecular complexity index is 1380. The van der Waals surface area contributed by atoms with Crippen molar-refractivity contribution in [3.05, 3.63) is 24.5 Å². The molecule has 3 aromatic heterocycles. The molecule has 5 rings (SSSR count). The highest BCUT2D eigenvalue weighted by molar-refractivity contribution is 7.92. The minimum atomic E-state index is -3.30. The molecular weight excluding hydrogens is 482 g/mol. The molecule has 2 aliphatic rings. The van der Waals surface area contributed by atoms with Gasteiger partial charge >= 0.3 is 6.01 Å². The molecule has 1 N–H and O–H groups in total. The van der Waals surface area contributed by atoms with Crippen molar-refractivity contribution < 1.29 is 17.9 Å². The van der Waals surface area contributed by atoms with Gasteiger partial charge in [0.05, 0.1) is 29.5 Å². The summed E-state index contributed by atoms with van der Waals surface area (Å²) in [5.41, 5.74) is 1.30. The molecule has 12 heteroatoms. The van der Waals surface area contributed by atoms with Gasteiger partial charge in [-0.25, -0.2) is 18.4 Å². The summed E-state index contributed by atoms with van der Waals surface area (Å²) in [6.45, 7) is 11.0. The van der Waals surface area contributed by atoms with Crippen LogP contribution in [0.4, 0.5) is 17.5 Å². The summed E-state index contributed by atoms with van der Waals surface area (Å²) in [5.74, 6) is 2.08. The number of hydrogen-bond acceptors (Lipinski definition) is 10. The van der Waals surface area contributed by atoms with Gasteiger partial charge in [-0.3, -0.25) is 4.68 Å². The third kappa shape index (κ3) is 4.47. The summed E-state index contributed by atoms with van der Waals surface area (Å²) in [6.07, 6.45) is 5.56. The number of sulfone groups is 1. The lowest BCUT2D eigenvalue weighted by Crippen LogP contribution is -2.66. The molecule has 0 saturated carbocycles. The maximum absolute atomic E-state index is 11.9. The standard InChI is InChI=1S/C24H33N7O4S/c1-6-16(2)31-18-9-20(26-10-17(18)21(29-31)30-11-24(12-30)14-34-15-24)27-19-7-8-25-22(28-19)35-13-23(3,4)36(5,32)33/h7-10,16H,6,11-15H2,1-5H3,(H,25,26,27,28)/t16-/m1/s1. The van der Waals surface area contributed by atoms with Crippen LogP contribution < -0.4 is 15.0 Å². The Kier molecular flexibility index (Phi) is 6.06. The van der Waals surface area contributed by atoms with Gasteiger partial charge in [0.25, 0.3) is 0 Å². The van der Waals surface area contributed by atoms with Crippen LogP contribution in [0.5, 0.6) is 6.01 Å². The summed E-state index contributed by atoms with van der Waals surface area (Å²) >= 11 is 0. The van der Waals surface area contributed by atoms with E-state index in [9.17, 15) is 8.42 Å². The number of anilines is 3. The minimum absolute atomic E-state index is 0.0553. The van der Waals surface area contributed by atoms with Gasteiger partial charge in [0.15, 0.2) is 15.7 Å². The number of rotatable bonds is 9. The normalized spacial score (nSPS) is 18.1. The first kappa shape index (κ1) is 24.7. The predicted octanol–water partition coefficient (Wildman–Crippen LogP) is 2.97. The topological polar surface area (TPSA) is 124 Å². The molecule has 0 unspecified atom stereocenters. The third-order valence-electron chi connectivity index (χ3n) is 7.19. The number of nitrogens with zero attached hydrogens (tertiary/aromatic N) is 6. The van der Waals surface area contributed by atoms with Gasteiger partial charge in [-0.15, -0.1) is 0 Å².